The van der Waals surface area contributed by atoms with Crippen molar-refractivity contribution in [1.29, 1.82) is 0 Å². The van der Waals surface area contributed by atoms with Crippen molar-refractivity contribution in [2.45, 2.75) is 19.8 Å². The Labute approximate surface area is 130 Å². The van der Waals surface area contributed by atoms with E-state index in [0.717, 1.165) is 24.5 Å². The van der Waals surface area contributed by atoms with Crippen LogP contribution in [0.2, 0.25) is 0 Å². The maximum atomic E-state index is 11.7. The van der Waals surface area contributed by atoms with Crippen molar-refractivity contribution in [2.75, 3.05) is 21.9 Å². The van der Waals surface area contributed by atoms with Gasteiger partial charge in [-0.1, -0.05) is 25.1 Å². The summed E-state index contributed by atoms with van der Waals surface area (Å²) in [5, 5.41) is 8.13. The van der Waals surface area contributed by atoms with Crippen LogP contribution in [0.5, 0.6) is 0 Å². The van der Waals surface area contributed by atoms with Gasteiger partial charge in [0.15, 0.2) is 11.6 Å². The van der Waals surface area contributed by atoms with Gasteiger partial charge in [0, 0.05) is 12.2 Å². The summed E-state index contributed by atoms with van der Waals surface area (Å²) in [7, 11) is -3.33. The maximum absolute atomic E-state index is 11.7. The average Bonchev–Trinajstić information content (AvgIpc) is 2.91. The number of sulfonamides is 1. The minimum atomic E-state index is -3.33. The molecule has 7 heteroatoms. The van der Waals surface area contributed by atoms with Gasteiger partial charge in [-0.05, 0) is 36.6 Å². The van der Waals surface area contributed by atoms with Gasteiger partial charge in [-0.25, -0.2) is 8.42 Å². The predicted molar refractivity (Wildman–Crippen MR) is 86.9 cm³/mol. The molecule has 0 unspecified atom stereocenters. The van der Waals surface area contributed by atoms with Crippen molar-refractivity contribution in [1.82, 2.24) is 10.2 Å². The van der Waals surface area contributed by atoms with Crippen molar-refractivity contribution in [3.63, 3.8) is 0 Å². The lowest BCUT2D eigenvalue weighted by atomic mass is 10.2. The van der Waals surface area contributed by atoms with Crippen LogP contribution in [0.1, 0.15) is 18.9 Å². The summed E-state index contributed by atoms with van der Waals surface area (Å²) in [6.45, 7) is 2.67. The average molecular weight is 318 g/mol. The standard InChI is InChI=1S/C15H18N4O2S/c1-2-11-22(20,21)18-14-7-8-15(17-16-14)19-10-9-12-5-3-4-6-13(12)19/h3-8H,2,9-11H2,1H3,(H,16,18). The fourth-order valence-electron chi connectivity index (χ4n) is 2.58. The van der Waals surface area contributed by atoms with E-state index in [4.69, 9.17) is 0 Å². The fourth-order valence-corrected chi connectivity index (χ4v) is 3.65. The highest BCUT2D eigenvalue weighted by Gasteiger charge is 2.21. The van der Waals surface area contributed by atoms with Gasteiger partial charge in [0.05, 0.1) is 5.75 Å². The maximum Gasteiger partial charge on any atom is 0.233 e. The predicted octanol–water partition coefficient (Wildman–Crippen LogP) is 2.32. The fraction of sp³-hybridized carbons (Fsp3) is 0.333. The van der Waals surface area contributed by atoms with Gasteiger partial charge in [-0.2, -0.15) is 0 Å². The molecule has 1 aromatic carbocycles. The lowest BCUT2D eigenvalue weighted by molar-refractivity contribution is 0.599. The Morgan fingerprint density at radius 1 is 1.18 bits per heavy atom. The number of anilines is 3. The van der Waals surface area contributed by atoms with E-state index in [9.17, 15) is 8.42 Å². The number of aromatic nitrogens is 2. The van der Waals surface area contributed by atoms with Crippen LogP contribution in [-0.2, 0) is 16.4 Å². The first kappa shape index (κ1) is 14.8. The largest absolute Gasteiger partial charge is 0.324 e. The van der Waals surface area contributed by atoms with Gasteiger partial charge >= 0.3 is 0 Å². The molecule has 6 nitrogen and oxygen atoms in total. The molecule has 1 N–H and O–H groups in total. The summed E-state index contributed by atoms with van der Waals surface area (Å²) >= 11 is 0. The second-order valence-corrected chi connectivity index (χ2v) is 7.07. The van der Waals surface area contributed by atoms with Gasteiger partial charge in [-0.15, -0.1) is 10.2 Å². The van der Waals surface area contributed by atoms with Crippen LogP contribution in [0.3, 0.4) is 0 Å². The molecule has 116 valence electrons. The molecule has 0 fully saturated rings. The third kappa shape index (κ3) is 3.04. The summed E-state index contributed by atoms with van der Waals surface area (Å²) in [6, 6.07) is 11.6. The highest BCUT2D eigenvalue weighted by atomic mass is 32.2. The second kappa shape index (κ2) is 5.92. The van der Waals surface area contributed by atoms with E-state index < -0.39 is 10.0 Å². The Bertz CT molecular complexity index is 759. The number of para-hydroxylation sites is 1. The van der Waals surface area contributed by atoms with Crippen LogP contribution >= 0.6 is 0 Å². The van der Waals surface area contributed by atoms with Crippen molar-refractivity contribution in [3.8, 4) is 0 Å². The smallest absolute Gasteiger partial charge is 0.233 e. The van der Waals surface area contributed by atoms with Gasteiger partial charge in [0.25, 0.3) is 0 Å². The van der Waals surface area contributed by atoms with E-state index in [1.807, 2.05) is 19.1 Å². The number of rotatable bonds is 5. The van der Waals surface area contributed by atoms with Gasteiger partial charge in [0.2, 0.25) is 10.0 Å². The van der Waals surface area contributed by atoms with Crippen LogP contribution in [-0.4, -0.2) is 30.9 Å². The number of benzene rings is 1. The molecule has 3 rings (SSSR count). The Morgan fingerprint density at radius 3 is 2.73 bits per heavy atom. The third-order valence-corrected chi connectivity index (χ3v) is 5.01. The van der Waals surface area contributed by atoms with E-state index in [2.05, 4.69) is 32.0 Å². The molecule has 0 spiro atoms. The van der Waals surface area contributed by atoms with Crippen LogP contribution < -0.4 is 9.62 Å². The molecule has 0 aliphatic carbocycles. The first-order chi connectivity index (χ1) is 10.6. The van der Waals surface area contributed by atoms with Crippen molar-refractivity contribution in [2.24, 2.45) is 0 Å². The molecule has 0 radical (unpaired) electrons. The monoisotopic (exact) mass is 318 g/mol. The van der Waals surface area contributed by atoms with E-state index in [0.29, 0.717) is 6.42 Å². The van der Waals surface area contributed by atoms with Gasteiger partial charge in [-0.3, -0.25) is 4.72 Å². The minimum Gasteiger partial charge on any atom is -0.324 e. The Morgan fingerprint density at radius 2 is 2.00 bits per heavy atom. The lowest BCUT2D eigenvalue weighted by Gasteiger charge is -2.17. The van der Waals surface area contributed by atoms with Crippen LogP contribution in [0.15, 0.2) is 36.4 Å². The SMILES string of the molecule is CCCS(=O)(=O)Nc1ccc(N2CCc3ccccc32)nn1. The molecule has 22 heavy (non-hydrogen) atoms. The molecule has 1 aliphatic heterocycles. The minimum absolute atomic E-state index is 0.0793. The lowest BCUT2D eigenvalue weighted by Crippen LogP contribution is -2.19. The molecule has 2 aromatic rings. The van der Waals surface area contributed by atoms with Crippen molar-refractivity contribution >= 4 is 27.3 Å². The summed E-state index contributed by atoms with van der Waals surface area (Å²) in [5.41, 5.74) is 2.42. The molecule has 0 saturated heterocycles. The van der Waals surface area contributed by atoms with E-state index in [1.54, 1.807) is 12.1 Å². The summed E-state index contributed by atoms with van der Waals surface area (Å²) in [4.78, 5) is 2.09. The van der Waals surface area contributed by atoms with Crippen molar-refractivity contribution in [3.05, 3.63) is 42.0 Å². The summed E-state index contributed by atoms with van der Waals surface area (Å²) in [6.07, 6.45) is 1.54. The number of hydrogen-bond donors (Lipinski definition) is 1. The molecule has 0 bridgehead atoms. The normalized spacial score (nSPS) is 14.0. The van der Waals surface area contributed by atoms with Crippen molar-refractivity contribution < 1.29 is 8.42 Å². The quantitative estimate of drug-likeness (QED) is 0.915. The highest BCUT2D eigenvalue weighted by Crippen LogP contribution is 2.32. The molecule has 0 amide bonds. The third-order valence-electron chi connectivity index (χ3n) is 3.55. The first-order valence-electron chi connectivity index (χ1n) is 7.29. The van der Waals surface area contributed by atoms with E-state index >= 15 is 0 Å². The molecule has 1 aliphatic rings. The molecular weight excluding hydrogens is 300 g/mol. The molecule has 0 saturated carbocycles. The molecule has 0 atom stereocenters. The van der Waals surface area contributed by atoms with Gasteiger partial charge in [0.1, 0.15) is 0 Å². The summed E-state index contributed by atoms with van der Waals surface area (Å²) < 4.78 is 25.9. The Balaban J connectivity index is 1.78. The zero-order valence-electron chi connectivity index (χ0n) is 12.4. The van der Waals surface area contributed by atoms with E-state index in [1.165, 1.54) is 5.56 Å². The molecule has 2 heterocycles. The molecule has 1 aromatic heterocycles. The van der Waals surface area contributed by atoms with Crippen LogP contribution in [0.4, 0.5) is 17.3 Å². The van der Waals surface area contributed by atoms with E-state index in [-0.39, 0.29) is 11.6 Å². The second-order valence-electron chi connectivity index (χ2n) is 5.23. The number of nitrogens with one attached hydrogen (secondary N) is 1. The Kier molecular flexibility index (Phi) is 3.98. The number of fused-ring (bicyclic) bond motifs is 1. The number of hydrogen-bond acceptors (Lipinski definition) is 5. The van der Waals surface area contributed by atoms with Gasteiger partial charge < -0.3 is 4.90 Å². The molecular formula is C15H18N4O2S. The zero-order valence-corrected chi connectivity index (χ0v) is 13.2. The number of nitrogens with zero attached hydrogens (tertiary/aromatic N) is 3. The van der Waals surface area contributed by atoms with Crippen LogP contribution in [0, 0.1) is 0 Å². The summed E-state index contributed by atoms with van der Waals surface area (Å²) in [5.74, 6) is 1.06. The first-order valence-corrected chi connectivity index (χ1v) is 8.94. The zero-order chi connectivity index (χ0) is 15.6. The van der Waals surface area contributed by atoms with Crippen LogP contribution in [0.25, 0.3) is 0 Å². The Hall–Kier alpha value is -2.15. The highest BCUT2D eigenvalue weighted by molar-refractivity contribution is 7.92. The topological polar surface area (TPSA) is 75.2 Å².